The van der Waals surface area contributed by atoms with E-state index < -0.39 is 39.2 Å². The normalized spacial score (nSPS) is 12.7. The Morgan fingerprint density at radius 1 is 1.30 bits per heavy atom. The molecule has 0 bridgehead atoms. The second kappa shape index (κ2) is 7.27. The van der Waals surface area contributed by atoms with Gasteiger partial charge in [0.25, 0.3) is 0 Å². The summed E-state index contributed by atoms with van der Waals surface area (Å²) in [5.74, 6) is -1.14. The van der Waals surface area contributed by atoms with Gasteiger partial charge in [-0.2, -0.15) is 13.2 Å². The molecule has 1 aromatic heterocycles. The van der Waals surface area contributed by atoms with Crippen LogP contribution < -0.4 is 10.0 Å². The summed E-state index contributed by atoms with van der Waals surface area (Å²) in [6.45, 7) is 1.72. The standard InChI is InChI=1S/C13H14F3N3O3S/c1-3-4-5-6-11(20)18-10-7-9(13(14,15)16)8-17-12(10)19-23(2,21)22/h3-8H,1-2H3,(H,17,19)(H,18,20). The molecule has 1 amide bonds. The zero-order valence-electron chi connectivity index (χ0n) is 12.2. The molecule has 126 valence electrons. The smallest absolute Gasteiger partial charge is 0.319 e. The van der Waals surface area contributed by atoms with E-state index in [9.17, 15) is 26.4 Å². The van der Waals surface area contributed by atoms with Crippen molar-refractivity contribution in [1.29, 1.82) is 0 Å². The average Bonchev–Trinajstić information content (AvgIpc) is 2.38. The van der Waals surface area contributed by atoms with Crippen molar-refractivity contribution in [3.63, 3.8) is 0 Å². The number of alkyl halides is 3. The van der Waals surface area contributed by atoms with Gasteiger partial charge in [0.2, 0.25) is 15.9 Å². The maximum absolute atomic E-state index is 12.7. The highest BCUT2D eigenvalue weighted by Gasteiger charge is 2.32. The summed E-state index contributed by atoms with van der Waals surface area (Å²) in [7, 11) is -3.78. The summed E-state index contributed by atoms with van der Waals surface area (Å²) < 4.78 is 62.5. The van der Waals surface area contributed by atoms with Gasteiger partial charge in [0, 0.05) is 12.3 Å². The lowest BCUT2D eigenvalue weighted by atomic mass is 10.2. The molecule has 0 saturated carbocycles. The summed E-state index contributed by atoms with van der Waals surface area (Å²) in [5.41, 5.74) is -1.52. The summed E-state index contributed by atoms with van der Waals surface area (Å²) in [6, 6.07) is 0.599. The molecule has 1 rings (SSSR count). The molecule has 0 saturated heterocycles. The third-order valence-corrected chi connectivity index (χ3v) is 2.87. The summed E-state index contributed by atoms with van der Waals surface area (Å²) >= 11 is 0. The second-order valence-electron chi connectivity index (χ2n) is 4.37. The molecule has 0 spiro atoms. The van der Waals surface area contributed by atoms with Gasteiger partial charge >= 0.3 is 6.18 Å². The van der Waals surface area contributed by atoms with E-state index in [1.807, 2.05) is 4.72 Å². The van der Waals surface area contributed by atoms with Gasteiger partial charge in [-0.05, 0) is 13.0 Å². The van der Waals surface area contributed by atoms with Crippen LogP contribution in [0.5, 0.6) is 0 Å². The van der Waals surface area contributed by atoms with E-state index in [1.54, 1.807) is 19.1 Å². The van der Waals surface area contributed by atoms with Crippen molar-refractivity contribution in [1.82, 2.24) is 4.98 Å². The van der Waals surface area contributed by atoms with Crippen LogP contribution in [-0.2, 0) is 21.0 Å². The van der Waals surface area contributed by atoms with Crippen LogP contribution in [0, 0.1) is 0 Å². The number of allylic oxidation sites excluding steroid dienone is 3. The number of hydrogen-bond acceptors (Lipinski definition) is 4. The number of aromatic nitrogens is 1. The number of amides is 1. The molecule has 0 atom stereocenters. The van der Waals surface area contributed by atoms with Crippen LogP contribution in [0.3, 0.4) is 0 Å². The first-order chi connectivity index (χ1) is 10.5. The minimum Gasteiger partial charge on any atom is -0.319 e. The fraction of sp³-hybridized carbons (Fsp3) is 0.231. The molecule has 0 radical (unpaired) electrons. The van der Waals surface area contributed by atoms with Crippen LogP contribution >= 0.6 is 0 Å². The van der Waals surface area contributed by atoms with E-state index in [-0.39, 0.29) is 0 Å². The predicted octanol–water partition coefficient (Wildman–Crippen LogP) is 2.54. The summed E-state index contributed by atoms with van der Waals surface area (Å²) in [4.78, 5) is 15.1. The van der Waals surface area contributed by atoms with Gasteiger partial charge in [0.15, 0.2) is 5.82 Å². The lowest BCUT2D eigenvalue weighted by Crippen LogP contribution is -2.17. The van der Waals surface area contributed by atoms with Crippen LogP contribution in [0.15, 0.2) is 36.6 Å². The van der Waals surface area contributed by atoms with Gasteiger partial charge in [-0.25, -0.2) is 13.4 Å². The van der Waals surface area contributed by atoms with Crippen molar-refractivity contribution < 1.29 is 26.4 Å². The second-order valence-corrected chi connectivity index (χ2v) is 6.11. The number of carbonyl (C=O) groups excluding carboxylic acids is 1. The third kappa shape index (κ3) is 6.51. The van der Waals surface area contributed by atoms with Crippen LogP contribution in [0.4, 0.5) is 24.7 Å². The van der Waals surface area contributed by atoms with E-state index in [4.69, 9.17) is 0 Å². The number of sulfonamides is 1. The molecular weight excluding hydrogens is 335 g/mol. The SMILES string of the molecule is CC=CC=CC(=O)Nc1cc(C(F)(F)F)cnc1NS(C)(=O)=O. The fourth-order valence-corrected chi connectivity index (χ4v) is 1.91. The minimum absolute atomic E-state index is 0.402. The molecule has 1 aromatic rings. The highest BCUT2D eigenvalue weighted by atomic mass is 32.2. The zero-order chi connectivity index (χ0) is 17.7. The molecule has 23 heavy (non-hydrogen) atoms. The topological polar surface area (TPSA) is 88.2 Å². The van der Waals surface area contributed by atoms with E-state index in [0.29, 0.717) is 12.3 Å². The quantitative estimate of drug-likeness (QED) is 0.632. The van der Waals surface area contributed by atoms with Crippen LogP contribution in [0.1, 0.15) is 12.5 Å². The molecule has 0 unspecified atom stereocenters. The van der Waals surface area contributed by atoms with Crippen molar-refractivity contribution in [2.75, 3.05) is 16.3 Å². The lowest BCUT2D eigenvalue weighted by molar-refractivity contribution is -0.137. The maximum Gasteiger partial charge on any atom is 0.417 e. The van der Waals surface area contributed by atoms with Crippen LogP contribution in [0.25, 0.3) is 0 Å². The van der Waals surface area contributed by atoms with Crippen molar-refractivity contribution in [2.24, 2.45) is 0 Å². The molecular formula is C13H14F3N3O3S. The van der Waals surface area contributed by atoms with Gasteiger partial charge in [-0.1, -0.05) is 18.2 Å². The van der Waals surface area contributed by atoms with Crippen molar-refractivity contribution in [3.05, 3.63) is 42.1 Å². The first-order valence-electron chi connectivity index (χ1n) is 6.18. The van der Waals surface area contributed by atoms with Gasteiger partial charge in [-0.15, -0.1) is 0 Å². The number of rotatable bonds is 5. The van der Waals surface area contributed by atoms with E-state index >= 15 is 0 Å². The van der Waals surface area contributed by atoms with Gasteiger partial charge in [0.1, 0.15) is 0 Å². The minimum atomic E-state index is -4.68. The Balaban J connectivity index is 3.20. The van der Waals surface area contributed by atoms with Crippen molar-refractivity contribution in [3.8, 4) is 0 Å². The Labute approximate surface area is 131 Å². The highest BCUT2D eigenvalue weighted by molar-refractivity contribution is 7.92. The molecule has 6 nitrogen and oxygen atoms in total. The molecule has 0 aliphatic heterocycles. The molecule has 2 N–H and O–H groups in total. The first kappa shape index (κ1) is 18.7. The fourth-order valence-electron chi connectivity index (χ4n) is 1.40. The Morgan fingerprint density at radius 2 is 1.96 bits per heavy atom. The molecule has 0 aromatic carbocycles. The van der Waals surface area contributed by atoms with E-state index in [0.717, 1.165) is 12.3 Å². The zero-order valence-corrected chi connectivity index (χ0v) is 13.0. The number of hydrogen-bond donors (Lipinski definition) is 2. The molecule has 0 aliphatic carbocycles. The lowest BCUT2D eigenvalue weighted by Gasteiger charge is -2.13. The third-order valence-electron chi connectivity index (χ3n) is 2.31. The van der Waals surface area contributed by atoms with Gasteiger partial charge in [-0.3, -0.25) is 9.52 Å². The monoisotopic (exact) mass is 349 g/mol. The number of halogens is 3. The van der Waals surface area contributed by atoms with E-state index in [2.05, 4.69) is 10.3 Å². The molecule has 0 aliphatic rings. The van der Waals surface area contributed by atoms with Crippen LogP contribution in [0.2, 0.25) is 0 Å². The van der Waals surface area contributed by atoms with Crippen LogP contribution in [-0.4, -0.2) is 25.6 Å². The number of nitrogens with one attached hydrogen (secondary N) is 2. The molecule has 10 heteroatoms. The predicted molar refractivity (Wildman–Crippen MR) is 80.3 cm³/mol. The van der Waals surface area contributed by atoms with Gasteiger partial charge in [0.05, 0.1) is 17.5 Å². The maximum atomic E-state index is 12.7. The highest BCUT2D eigenvalue weighted by Crippen LogP contribution is 2.32. The number of anilines is 2. The Morgan fingerprint density at radius 3 is 2.48 bits per heavy atom. The molecule has 0 fully saturated rings. The Bertz CT molecular complexity index is 741. The number of nitrogens with zero attached hydrogens (tertiary/aromatic N) is 1. The average molecular weight is 349 g/mol. The molecule has 1 heterocycles. The number of carbonyl (C=O) groups is 1. The van der Waals surface area contributed by atoms with Gasteiger partial charge < -0.3 is 5.32 Å². The van der Waals surface area contributed by atoms with E-state index in [1.165, 1.54) is 6.08 Å². The largest absolute Gasteiger partial charge is 0.417 e. The first-order valence-corrected chi connectivity index (χ1v) is 8.07. The summed E-state index contributed by atoms with van der Waals surface area (Å²) in [5, 5.41) is 2.16. The van der Waals surface area contributed by atoms with Crippen molar-refractivity contribution >= 4 is 27.4 Å². The Kier molecular flexibility index (Phi) is 5.91. The Hall–Kier alpha value is -2.36. The number of pyridine rings is 1. The van der Waals surface area contributed by atoms with Crippen molar-refractivity contribution in [2.45, 2.75) is 13.1 Å². The summed E-state index contributed by atoms with van der Waals surface area (Å²) in [6.07, 6.45) is 2.23.